The zero-order chi connectivity index (χ0) is 18.8. The number of benzene rings is 1. The summed E-state index contributed by atoms with van der Waals surface area (Å²) in [5.41, 5.74) is 2.05. The van der Waals surface area contributed by atoms with Gasteiger partial charge in [0.05, 0.1) is 18.7 Å². The number of aryl methyl sites for hydroxylation is 1. The van der Waals surface area contributed by atoms with Crippen LogP contribution in [-0.2, 0) is 18.4 Å². The number of hydrogen-bond acceptors (Lipinski definition) is 4. The summed E-state index contributed by atoms with van der Waals surface area (Å²) in [5.74, 6) is 0.419. The summed E-state index contributed by atoms with van der Waals surface area (Å²) in [6.07, 6.45) is 7.31. The van der Waals surface area contributed by atoms with Gasteiger partial charge in [0.2, 0.25) is 11.9 Å². The molecule has 4 rings (SSSR count). The maximum absolute atomic E-state index is 12.9. The molecule has 1 fully saturated rings. The quantitative estimate of drug-likeness (QED) is 0.707. The summed E-state index contributed by atoms with van der Waals surface area (Å²) < 4.78 is 3.65. The van der Waals surface area contributed by atoms with Crippen LogP contribution >= 0.6 is 11.6 Å². The molecule has 8 heteroatoms. The molecule has 1 amide bonds. The number of nitrogens with zero attached hydrogens (tertiary/aromatic N) is 4. The minimum Gasteiger partial charge on any atom is -0.315 e. The predicted molar refractivity (Wildman–Crippen MR) is 104 cm³/mol. The van der Waals surface area contributed by atoms with E-state index in [2.05, 4.69) is 20.7 Å². The number of nitrogens with one attached hydrogen (secondary N) is 2. The van der Waals surface area contributed by atoms with E-state index >= 15 is 0 Å². The number of imidazole rings is 1. The van der Waals surface area contributed by atoms with Crippen molar-refractivity contribution in [2.45, 2.75) is 12.5 Å². The molecular weight excluding hydrogens is 364 g/mol. The summed E-state index contributed by atoms with van der Waals surface area (Å²) in [6.45, 7) is 1.94. The Kier molecular flexibility index (Phi) is 4.96. The molecule has 1 aromatic carbocycles. The SMILES string of the molecule is Cn1cc([C@H]2CNC[C@@H]2C(=O)Nc2nccn2Cc2ccccc2Cl)cn1. The lowest BCUT2D eigenvalue weighted by Gasteiger charge is -2.17. The molecule has 3 aromatic rings. The molecule has 0 unspecified atom stereocenters. The standard InChI is InChI=1S/C19H21ClN6O/c1-25-11-14(8-23-25)15-9-21-10-16(15)18(27)24-19-22-6-7-26(19)12-13-4-2-3-5-17(13)20/h2-8,11,15-16,21H,9-10,12H2,1H3,(H,22,24,27)/t15-,16+/m1/s1. The van der Waals surface area contributed by atoms with Crippen LogP contribution in [0.15, 0.2) is 49.1 Å². The molecule has 0 bridgehead atoms. The van der Waals surface area contributed by atoms with E-state index in [1.165, 1.54) is 0 Å². The number of hydrogen-bond donors (Lipinski definition) is 2. The van der Waals surface area contributed by atoms with E-state index in [1.54, 1.807) is 10.9 Å². The number of amides is 1. The monoisotopic (exact) mass is 384 g/mol. The van der Waals surface area contributed by atoms with Crippen molar-refractivity contribution in [1.82, 2.24) is 24.6 Å². The lowest BCUT2D eigenvalue weighted by molar-refractivity contribution is -0.119. The van der Waals surface area contributed by atoms with Gasteiger partial charge in [-0.3, -0.25) is 14.8 Å². The molecule has 27 heavy (non-hydrogen) atoms. The first kappa shape index (κ1) is 17.8. The van der Waals surface area contributed by atoms with Gasteiger partial charge in [-0.2, -0.15) is 5.10 Å². The lowest BCUT2D eigenvalue weighted by atomic mass is 9.90. The van der Waals surface area contributed by atoms with Crippen molar-refractivity contribution in [3.8, 4) is 0 Å². The van der Waals surface area contributed by atoms with Gasteiger partial charge >= 0.3 is 0 Å². The molecule has 0 spiro atoms. The minimum absolute atomic E-state index is 0.0412. The number of carbonyl (C=O) groups is 1. The molecule has 1 aliphatic rings. The molecule has 0 aliphatic carbocycles. The van der Waals surface area contributed by atoms with Crippen molar-refractivity contribution in [3.63, 3.8) is 0 Å². The van der Waals surface area contributed by atoms with E-state index in [9.17, 15) is 4.79 Å². The first-order valence-electron chi connectivity index (χ1n) is 8.86. The second-order valence-corrected chi connectivity index (χ2v) is 7.19. The van der Waals surface area contributed by atoms with Crippen molar-refractivity contribution in [2.75, 3.05) is 18.4 Å². The van der Waals surface area contributed by atoms with E-state index in [4.69, 9.17) is 11.6 Å². The number of aromatic nitrogens is 4. The van der Waals surface area contributed by atoms with E-state index in [-0.39, 0.29) is 17.7 Å². The fraction of sp³-hybridized carbons (Fsp3) is 0.316. The van der Waals surface area contributed by atoms with Gasteiger partial charge in [0.15, 0.2) is 0 Å². The normalized spacial score (nSPS) is 19.3. The molecular formula is C19H21ClN6O. The van der Waals surface area contributed by atoms with Crippen molar-refractivity contribution in [1.29, 1.82) is 0 Å². The van der Waals surface area contributed by atoms with Gasteiger partial charge in [0.25, 0.3) is 0 Å². The van der Waals surface area contributed by atoms with Gasteiger partial charge in [0, 0.05) is 49.7 Å². The van der Waals surface area contributed by atoms with Gasteiger partial charge < -0.3 is 9.88 Å². The number of carbonyl (C=O) groups excluding carboxylic acids is 1. The molecule has 2 N–H and O–H groups in total. The Hall–Kier alpha value is -2.64. The van der Waals surface area contributed by atoms with Gasteiger partial charge in [0.1, 0.15) is 0 Å². The topological polar surface area (TPSA) is 76.8 Å². The van der Waals surface area contributed by atoms with Crippen LogP contribution in [0.25, 0.3) is 0 Å². The fourth-order valence-electron chi connectivity index (χ4n) is 3.51. The van der Waals surface area contributed by atoms with Gasteiger partial charge in [-0.1, -0.05) is 29.8 Å². The summed E-state index contributed by atoms with van der Waals surface area (Å²) in [5, 5.41) is 11.2. The zero-order valence-electron chi connectivity index (χ0n) is 15.0. The van der Waals surface area contributed by atoms with Crippen LogP contribution in [0, 0.1) is 5.92 Å². The number of rotatable bonds is 5. The summed E-state index contributed by atoms with van der Waals surface area (Å²) in [4.78, 5) is 17.2. The highest BCUT2D eigenvalue weighted by Crippen LogP contribution is 2.29. The Labute approximate surface area is 162 Å². The molecule has 0 saturated carbocycles. The van der Waals surface area contributed by atoms with E-state index < -0.39 is 0 Å². The van der Waals surface area contributed by atoms with Crippen molar-refractivity contribution < 1.29 is 4.79 Å². The maximum Gasteiger partial charge on any atom is 0.231 e. The Morgan fingerprint density at radius 2 is 2.22 bits per heavy atom. The smallest absolute Gasteiger partial charge is 0.231 e. The largest absolute Gasteiger partial charge is 0.315 e. The first-order valence-corrected chi connectivity index (χ1v) is 9.24. The molecule has 7 nitrogen and oxygen atoms in total. The van der Waals surface area contributed by atoms with E-state index in [1.807, 2.05) is 54.5 Å². The van der Waals surface area contributed by atoms with Crippen LogP contribution in [0.5, 0.6) is 0 Å². The van der Waals surface area contributed by atoms with Crippen LogP contribution in [0.3, 0.4) is 0 Å². The van der Waals surface area contributed by atoms with Crippen molar-refractivity contribution in [2.24, 2.45) is 13.0 Å². The molecule has 1 saturated heterocycles. The highest BCUT2D eigenvalue weighted by atomic mass is 35.5. The Bertz CT molecular complexity index is 949. The van der Waals surface area contributed by atoms with Crippen molar-refractivity contribution in [3.05, 3.63) is 65.2 Å². The molecule has 1 aliphatic heterocycles. The van der Waals surface area contributed by atoms with E-state index in [0.717, 1.165) is 17.7 Å². The average molecular weight is 385 g/mol. The first-order chi connectivity index (χ1) is 13.1. The Morgan fingerprint density at radius 3 is 3.00 bits per heavy atom. The van der Waals surface area contributed by atoms with Crippen LogP contribution in [0.1, 0.15) is 17.0 Å². The van der Waals surface area contributed by atoms with Crippen LogP contribution in [0.4, 0.5) is 5.95 Å². The molecule has 140 valence electrons. The highest BCUT2D eigenvalue weighted by molar-refractivity contribution is 6.31. The number of anilines is 1. The van der Waals surface area contributed by atoms with Gasteiger partial charge in [-0.05, 0) is 17.2 Å². The highest BCUT2D eigenvalue weighted by Gasteiger charge is 2.35. The lowest BCUT2D eigenvalue weighted by Crippen LogP contribution is -2.29. The Morgan fingerprint density at radius 1 is 1.37 bits per heavy atom. The molecule has 3 heterocycles. The second-order valence-electron chi connectivity index (χ2n) is 6.78. The summed E-state index contributed by atoms with van der Waals surface area (Å²) >= 11 is 6.25. The summed E-state index contributed by atoms with van der Waals surface area (Å²) in [7, 11) is 1.88. The molecule has 0 radical (unpaired) electrons. The predicted octanol–water partition coefficient (Wildman–Crippen LogP) is 2.26. The number of halogens is 1. The molecule has 2 aromatic heterocycles. The third-order valence-electron chi connectivity index (χ3n) is 4.95. The van der Waals surface area contributed by atoms with Crippen LogP contribution < -0.4 is 10.6 Å². The second kappa shape index (κ2) is 7.54. The fourth-order valence-corrected chi connectivity index (χ4v) is 3.71. The zero-order valence-corrected chi connectivity index (χ0v) is 15.7. The Balaban J connectivity index is 1.49. The molecule has 2 atom stereocenters. The van der Waals surface area contributed by atoms with Crippen molar-refractivity contribution >= 4 is 23.5 Å². The maximum atomic E-state index is 12.9. The average Bonchev–Trinajstić information content (AvgIpc) is 3.38. The van der Waals surface area contributed by atoms with Crippen LogP contribution in [0.2, 0.25) is 5.02 Å². The third-order valence-corrected chi connectivity index (χ3v) is 5.32. The van der Waals surface area contributed by atoms with E-state index in [0.29, 0.717) is 24.1 Å². The minimum atomic E-state index is -0.167. The third kappa shape index (κ3) is 3.74. The van der Waals surface area contributed by atoms with Crippen LogP contribution in [-0.4, -0.2) is 38.3 Å². The summed E-state index contributed by atoms with van der Waals surface area (Å²) in [6, 6.07) is 7.66. The van der Waals surface area contributed by atoms with Gasteiger partial charge in [-0.25, -0.2) is 4.98 Å². The van der Waals surface area contributed by atoms with Gasteiger partial charge in [-0.15, -0.1) is 0 Å².